The second kappa shape index (κ2) is 2.88. The number of likely N-dealkylation sites (tertiary alicyclic amines) is 1. The monoisotopic (exact) mass is 143 g/mol. The summed E-state index contributed by atoms with van der Waals surface area (Å²) in [7, 11) is 1.90. The zero-order valence-electron chi connectivity index (χ0n) is 6.13. The Labute approximate surface area is 60.4 Å². The maximum Gasteiger partial charge on any atom is 0.314 e. The van der Waals surface area contributed by atoms with Gasteiger partial charge in [0.1, 0.15) is 0 Å². The lowest BCUT2D eigenvalue weighted by Crippen LogP contribution is -2.36. The first-order chi connectivity index (χ1) is 4.74. The Morgan fingerprint density at radius 2 is 2.50 bits per heavy atom. The van der Waals surface area contributed by atoms with Crippen LogP contribution in [0.2, 0.25) is 0 Å². The van der Waals surface area contributed by atoms with Crippen LogP contribution in [-0.2, 0) is 0 Å². The molecule has 4 heteroatoms. The number of hydrogen-bond acceptors (Lipinski definition) is 2. The Bertz CT molecular complexity index is 137. The third-order valence-corrected chi connectivity index (χ3v) is 1.91. The molecule has 1 saturated heterocycles. The summed E-state index contributed by atoms with van der Waals surface area (Å²) < 4.78 is 0. The second-order valence-corrected chi connectivity index (χ2v) is 2.56. The average molecular weight is 143 g/mol. The zero-order valence-corrected chi connectivity index (χ0v) is 6.13. The molecule has 0 spiro atoms. The van der Waals surface area contributed by atoms with E-state index in [1.807, 2.05) is 7.05 Å². The largest absolute Gasteiger partial charge is 0.351 e. The van der Waals surface area contributed by atoms with Crippen LogP contribution in [0.3, 0.4) is 0 Å². The van der Waals surface area contributed by atoms with Crippen LogP contribution in [-0.4, -0.2) is 37.1 Å². The third kappa shape index (κ3) is 1.39. The number of nitrogens with two attached hydrogens (primary N) is 1. The highest BCUT2D eigenvalue weighted by Crippen LogP contribution is 2.06. The van der Waals surface area contributed by atoms with Crippen LogP contribution in [0.15, 0.2) is 0 Å². The maximum absolute atomic E-state index is 10.6. The van der Waals surface area contributed by atoms with Gasteiger partial charge in [-0.3, -0.25) is 0 Å². The van der Waals surface area contributed by atoms with Crippen molar-refractivity contribution >= 4 is 6.03 Å². The van der Waals surface area contributed by atoms with E-state index in [0.717, 1.165) is 19.5 Å². The molecule has 1 rings (SSSR count). The number of likely N-dealkylation sites (N-methyl/N-ethyl adjacent to an activating group) is 1. The fourth-order valence-electron chi connectivity index (χ4n) is 1.20. The van der Waals surface area contributed by atoms with Crippen molar-refractivity contribution in [3.05, 3.63) is 0 Å². The Balaban J connectivity index is 2.35. The van der Waals surface area contributed by atoms with Crippen molar-refractivity contribution in [2.24, 2.45) is 5.73 Å². The van der Waals surface area contributed by atoms with Gasteiger partial charge in [-0.2, -0.15) is 0 Å². The number of nitrogens with zero attached hydrogens (tertiary/aromatic N) is 1. The minimum atomic E-state index is -0.308. The quantitative estimate of drug-likeness (QED) is 0.513. The third-order valence-electron chi connectivity index (χ3n) is 1.91. The molecule has 1 atom stereocenters. The van der Waals surface area contributed by atoms with E-state index in [2.05, 4.69) is 5.32 Å². The molecule has 1 aliphatic rings. The predicted octanol–water partition coefficient (Wildman–Crippen LogP) is -0.641. The summed E-state index contributed by atoms with van der Waals surface area (Å²) >= 11 is 0. The highest BCUT2D eigenvalue weighted by atomic mass is 16.2. The first-order valence-electron chi connectivity index (χ1n) is 3.45. The van der Waals surface area contributed by atoms with Crippen molar-refractivity contribution in [2.45, 2.75) is 12.5 Å². The van der Waals surface area contributed by atoms with Crippen LogP contribution in [0.4, 0.5) is 4.79 Å². The molecule has 4 nitrogen and oxygen atoms in total. The summed E-state index contributed by atoms with van der Waals surface area (Å²) in [5.41, 5.74) is 5.07. The molecule has 0 bridgehead atoms. The Kier molecular flexibility index (Phi) is 2.11. The van der Waals surface area contributed by atoms with Gasteiger partial charge >= 0.3 is 6.03 Å². The topological polar surface area (TPSA) is 58.4 Å². The average Bonchev–Trinajstić information content (AvgIpc) is 2.34. The lowest BCUT2D eigenvalue weighted by molar-refractivity contribution is 0.217. The summed E-state index contributed by atoms with van der Waals surface area (Å²) in [6.07, 6.45) is 1.01. The number of carbonyl (C=O) groups excluding carboxylic acids is 1. The van der Waals surface area contributed by atoms with Gasteiger partial charge in [-0.25, -0.2) is 4.79 Å². The van der Waals surface area contributed by atoms with Crippen LogP contribution in [0.1, 0.15) is 6.42 Å². The van der Waals surface area contributed by atoms with E-state index in [4.69, 9.17) is 5.73 Å². The number of rotatable bonds is 1. The Morgan fingerprint density at radius 3 is 2.80 bits per heavy atom. The lowest BCUT2D eigenvalue weighted by Gasteiger charge is -2.12. The predicted molar refractivity (Wildman–Crippen MR) is 38.6 cm³/mol. The molecular weight excluding hydrogens is 130 g/mol. The van der Waals surface area contributed by atoms with Crippen molar-refractivity contribution in [3.63, 3.8) is 0 Å². The van der Waals surface area contributed by atoms with Gasteiger partial charge in [-0.15, -0.1) is 0 Å². The molecule has 1 unspecified atom stereocenters. The smallest absolute Gasteiger partial charge is 0.314 e. The lowest BCUT2D eigenvalue weighted by atomic mass is 10.3. The van der Waals surface area contributed by atoms with E-state index < -0.39 is 0 Å². The van der Waals surface area contributed by atoms with E-state index in [-0.39, 0.29) is 6.03 Å². The van der Waals surface area contributed by atoms with Gasteiger partial charge in [0.2, 0.25) is 0 Å². The SMILES string of the molecule is CNC1CCN(C(N)=O)C1. The molecule has 0 aromatic heterocycles. The number of urea groups is 1. The van der Waals surface area contributed by atoms with Gasteiger partial charge in [0, 0.05) is 19.1 Å². The molecule has 2 amide bonds. The molecule has 0 aliphatic carbocycles. The maximum atomic E-state index is 10.6. The Hall–Kier alpha value is -0.770. The van der Waals surface area contributed by atoms with Gasteiger partial charge in [-0.05, 0) is 13.5 Å². The first kappa shape index (κ1) is 7.34. The Morgan fingerprint density at radius 1 is 1.80 bits per heavy atom. The van der Waals surface area contributed by atoms with Crippen molar-refractivity contribution in [1.82, 2.24) is 10.2 Å². The van der Waals surface area contributed by atoms with Crippen molar-refractivity contribution in [1.29, 1.82) is 0 Å². The molecule has 0 aromatic rings. The summed E-state index contributed by atoms with van der Waals surface area (Å²) in [6.45, 7) is 1.55. The summed E-state index contributed by atoms with van der Waals surface area (Å²) in [5, 5.41) is 3.10. The van der Waals surface area contributed by atoms with Crippen molar-refractivity contribution in [3.8, 4) is 0 Å². The summed E-state index contributed by atoms with van der Waals surface area (Å²) in [5.74, 6) is 0. The number of amides is 2. The molecule has 3 N–H and O–H groups in total. The zero-order chi connectivity index (χ0) is 7.56. The van der Waals surface area contributed by atoms with Crippen LogP contribution in [0.5, 0.6) is 0 Å². The molecule has 1 heterocycles. The van der Waals surface area contributed by atoms with Crippen LogP contribution < -0.4 is 11.1 Å². The molecule has 0 saturated carbocycles. The standard InChI is InChI=1S/C6H13N3O/c1-8-5-2-3-9(4-5)6(7)10/h5,8H,2-4H2,1H3,(H2,7,10). The number of carbonyl (C=O) groups is 1. The van der Waals surface area contributed by atoms with Crippen LogP contribution >= 0.6 is 0 Å². The fourth-order valence-corrected chi connectivity index (χ4v) is 1.20. The van der Waals surface area contributed by atoms with Crippen LogP contribution in [0, 0.1) is 0 Å². The molecule has 0 radical (unpaired) electrons. The molecular formula is C6H13N3O. The van der Waals surface area contributed by atoms with E-state index in [1.165, 1.54) is 0 Å². The van der Waals surface area contributed by atoms with Gasteiger partial charge in [0.25, 0.3) is 0 Å². The van der Waals surface area contributed by atoms with Crippen molar-refractivity contribution in [2.75, 3.05) is 20.1 Å². The minimum Gasteiger partial charge on any atom is -0.351 e. The number of hydrogen-bond donors (Lipinski definition) is 2. The van der Waals surface area contributed by atoms with E-state index in [1.54, 1.807) is 4.90 Å². The van der Waals surface area contributed by atoms with Gasteiger partial charge in [0.15, 0.2) is 0 Å². The molecule has 10 heavy (non-hydrogen) atoms. The fraction of sp³-hybridized carbons (Fsp3) is 0.833. The first-order valence-corrected chi connectivity index (χ1v) is 3.45. The van der Waals surface area contributed by atoms with Crippen LogP contribution in [0.25, 0.3) is 0 Å². The summed E-state index contributed by atoms with van der Waals surface area (Å²) in [4.78, 5) is 12.2. The van der Waals surface area contributed by atoms with Gasteiger partial charge in [0.05, 0.1) is 0 Å². The molecule has 0 aromatic carbocycles. The number of nitrogens with one attached hydrogen (secondary N) is 1. The minimum absolute atomic E-state index is 0.308. The van der Waals surface area contributed by atoms with E-state index in [9.17, 15) is 4.79 Å². The molecule has 58 valence electrons. The van der Waals surface area contributed by atoms with E-state index >= 15 is 0 Å². The highest BCUT2D eigenvalue weighted by molar-refractivity contribution is 5.72. The van der Waals surface area contributed by atoms with Crippen molar-refractivity contribution < 1.29 is 4.79 Å². The molecule has 1 fully saturated rings. The normalized spacial score (nSPS) is 25.3. The van der Waals surface area contributed by atoms with Gasteiger partial charge in [-0.1, -0.05) is 0 Å². The summed E-state index contributed by atoms with van der Waals surface area (Å²) in [6, 6.07) is 0.130. The second-order valence-electron chi connectivity index (χ2n) is 2.56. The van der Waals surface area contributed by atoms with Gasteiger partial charge < -0.3 is 16.0 Å². The number of primary amides is 1. The highest BCUT2D eigenvalue weighted by Gasteiger charge is 2.22. The molecule has 1 aliphatic heterocycles. The van der Waals surface area contributed by atoms with E-state index in [0.29, 0.717) is 6.04 Å².